The minimum atomic E-state index is -0.520. The third-order valence-electron chi connectivity index (χ3n) is 4.81. The highest BCUT2D eigenvalue weighted by molar-refractivity contribution is 7.99. The first-order valence-electron chi connectivity index (χ1n) is 10.1. The normalized spacial score (nSPS) is 11.9. The molecule has 0 radical (unpaired) electrons. The molecular weight excluding hydrogens is 380 g/mol. The Balaban J connectivity index is 2.07. The smallest absolute Gasteiger partial charge is 0.242 e. The SMILES string of the molecule is Cc1ccc(SCCC(=O)N(Cc2ccccc2C)[C@@H](C)C(=O)NC(C)C)cc1. The number of amides is 2. The highest BCUT2D eigenvalue weighted by Gasteiger charge is 2.26. The van der Waals surface area contributed by atoms with E-state index in [9.17, 15) is 9.59 Å². The Morgan fingerprint density at radius 1 is 1.00 bits per heavy atom. The Morgan fingerprint density at radius 3 is 2.28 bits per heavy atom. The van der Waals surface area contributed by atoms with Gasteiger partial charge >= 0.3 is 0 Å². The average molecular weight is 413 g/mol. The van der Waals surface area contributed by atoms with Crippen LogP contribution in [0.25, 0.3) is 0 Å². The molecule has 156 valence electrons. The van der Waals surface area contributed by atoms with Crippen LogP contribution in [0.1, 0.15) is 43.9 Å². The van der Waals surface area contributed by atoms with Gasteiger partial charge in [0.2, 0.25) is 11.8 Å². The lowest BCUT2D eigenvalue weighted by atomic mass is 10.1. The standard InChI is InChI=1S/C24H32N2O2S/c1-17(2)25-24(28)20(5)26(16-21-9-7-6-8-19(21)4)23(27)14-15-29-22-12-10-18(3)11-13-22/h6-13,17,20H,14-16H2,1-5H3,(H,25,28)/t20-/m0/s1. The van der Waals surface area contributed by atoms with E-state index < -0.39 is 6.04 Å². The van der Waals surface area contributed by atoms with E-state index >= 15 is 0 Å². The highest BCUT2D eigenvalue weighted by atomic mass is 32.2. The second-order valence-electron chi connectivity index (χ2n) is 7.70. The van der Waals surface area contributed by atoms with Crippen molar-refractivity contribution in [2.45, 2.75) is 64.6 Å². The Hall–Kier alpha value is -2.27. The zero-order valence-electron chi connectivity index (χ0n) is 18.1. The number of nitrogens with one attached hydrogen (secondary N) is 1. The summed E-state index contributed by atoms with van der Waals surface area (Å²) in [4.78, 5) is 28.5. The van der Waals surface area contributed by atoms with Gasteiger partial charge in [0.05, 0.1) is 0 Å². The summed E-state index contributed by atoms with van der Waals surface area (Å²) in [6.07, 6.45) is 0.393. The van der Waals surface area contributed by atoms with Gasteiger partial charge in [-0.3, -0.25) is 9.59 Å². The molecule has 0 fully saturated rings. The predicted molar refractivity (Wildman–Crippen MR) is 121 cm³/mol. The fourth-order valence-electron chi connectivity index (χ4n) is 2.99. The fourth-order valence-corrected chi connectivity index (χ4v) is 3.83. The Bertz CT molecular complexity index is 818. The van der Waals surface area contributed by atoms with Crippen LogP contribution in [-0.2, 0) is 16.1 Å². The summed E-state index contributed by atoms with van der Waals surface area (Å²) in [6, 6.07) is 15.8. The second kappa shape index (κ2) is 11.1. The van der Waals surface area contributed by atoms with E-state index in [0.717, 1.165) is 16.0 Å². The van der Waals surface area contributed by atoms with E-state index in [4.69, 9.17) is 0 Å². The molecule has 0 bridgehead atoms. The summed E-state index contributed by atoms with van der Waals surface area (Å²) >= 11 is 1.67. The van der Waals surface area contributed by atoms with E-state index in [2.05, 4.69) is 36.5 Å². The molecule has 0 aromatic heterocycles. The molecule has 0 spiro atoms. The molecule has 0 aliphatic rings. The van der Waals surface area contributed by atoms with E-state index in [1.165, 1.54) is 5.56 Å². The maximum absolute atomic E-state index is 13.1. The van der Waals surface area contributed by atoms with Crippen molar-refractivity contribution in [3.8, 4) is 0 Å². The Kier molecular flexibility index (Phi) is 8.77. The van der Waals surface area contributed by atoms with Crippen LogP contribution in [0.3, 0.4) is 0 Å². The van der Waals surface area contributed by atoms with E-state index in [0.29, 0.717) is 18.7 Å². The number of rotatable bonds is 9. The lowest BCUT2D eigenvalue weighted by Crippen LogP contribution is -2.49. The van der Waals surface area contributed by atoms with Crippen LogP contribution in [0.15, 0.2) is 53.4 Å². The minimum Gasteiger partial charge on any atom is -0.352 e. The molecule has 0 heterocycles. The maximum Gasteiger partial charge on any atom is 0.242 e. The predicted octanol–water partition coefficient (Wildman–Crippen LogP) is 4.73. The summed E-state index contributed by atoms with van der Waals surface area (Å²) in [6.45, 7) is 10.2. The summed E-state index contributed by atoms with van der Waals surface area (Å²) in [5.74, 6) is 0.567. The molecule has 0 saturated carbocycles. The van der Waals surface area contributed by atoms with Crippen molar-refractivity contribution in [1.82, 2.24) is 10.2 Å². The zero-order chi connectivity index (χ0) is 21.4. The molecular formula is C24H32N2O2S. The van der Waals surface area contributed by atoms with Crippen LogP contribution in [0.4, 0.5) is 0 Å². The number of aryl methyl sites for hydroxylation is 2. The van der Waals surface area contributed by atoms with Crippen molar-refractivity contribution in [3.05, 3.63) is 65.2 Å². The van der Waals surface area contributed by atoms with Gasteiger partial charge in [-0.2, -0.15) is 0 Å². The molecule has 29 heavy (non-hydrogen) atoms. The van der Waals surface area contributed by atoms with Gasteiger partial charge in [-0.25, -0.2) is 0 Å². The monoisotopic (exact) mass is 412 g/mol. The third kappa shape index (κ3) is 7.24. The lowest BCUT2D eigenvalue weighted by molar-refractivity contribution is -0.140. The largest absolute Gasteiger partial charge is 0.352 e. The Labute approximate surface area is 179 Å². The second-order valence-corrected chi connectivity index (χ2v) is 8.87. The molecule has 2 rings (SSSR count). The zero-order valence-corrected chi connectivity index (χ0v) is 18.9. The molecule has 2 amide bonds. The molecule has 1 atom stereocenters. The van der Waals surface area contributed by atoms with Crippen molar-refractivity contribution >= 4 is 23.6 Å². The number of carbonyl (C=O) groups excluding carboxylic acids is 2. The number of carbonyl (C=O) groups is 2. The number of hydrogen-bond acceptors (Lipinski definition) is 3. The minimum absolute atomic E-state index is 0.000675. The van der Waals surface area contributed by atoms with Gasteiger partial charge in [-0.1, -0.05) is 42.0 Å². The number of nitrogens with zero attached hydrogens (tertiary/aromatic N) is 1. The molecule has 0 saturated heterocycles. The summed E-state index contributed by atoms with van der Waals surface area (Å²) < 4.78 is 0. The fraction of sp³-hybridized carbons (Fsp3) is 0.417. The average Bonchev–Trinajstić information content (AvgIpc) is 2.67. The van der Waals surface area contributed by atoms with Crippen molar-refractivity contribution in [1.29, 1.82) is 0 Å². The molecule has 2 aromatic rings. The van der Waals surface area contributed by atoms with Crippen molar-refractivity contribution < 1.29 is 9.59 Å². The summed E-state index contributed by atoms with van der Waals surface area (Å²) in [5, 5.41) is 2.93. The van der Waals surface area contributed by atoms with Crippen LogP contribution in [0.5, 0.6) is 0 Å². The molecule has 2 aromatic carbocycles. The first-order valence-corrected chi connectivity index (χ1v) is 11.1. The van der Waals surface area contributed by atoms with Crippen molar-refractivity contribution in [3.63, 3.8) is 0 Å². The van der Waals surface area contributed by atoms with Gasteiger partial charge in [-0.05, 0) is 57.9 Å². The topological polar surface area (TPSA) is 49.4 Å². The van der Waals surface area contributed by atoms with Gasteiger partial charge in [0.1, 0.15) is 6.04 Å². The van der Waals surface area contributed by atoms with Gasteiger partial charge < -0.3 is 10.2 Å². The van der Waals surface area contributed by atoms with Gasteiger partial charge in [0, 0.05) is 29.7 Å². The summed E-state index contributed by atoms with van der Waals surface area (Å²) in [5.41, 5.74) is 3.41. The number of benzene rings is 2. The number of hydrogen-bond donors (Lipinski definition) is 1. The highest BCUT2D eigenvalue weighted by Crippen LogP contribution is 2.21. The van der Waals surface area contributed by atoms with Gasteiger partial charge in [-0.15, -0.1) is 11.8 Å². The van der Waals surface area contributed by atoms with E-state index in [1.54, 1.807) is 23.6 Å². The quantitative estimate of drug-likeness (QED) is 0.606. The van der Waals surface area contributed by atoms with Crippen LogP contribution >= 0.6 is 11.8 Å². The van der Waals surface area contributed by atoms with Crippen molar-refractivity contribution in [2.75, 3.05) is 5.75 Å². The molecule has 4 nitrogen and oxygen atoms in total. The van der Waals surface area contributed by atoms with Gasteiger partial charge in [0.15, 0.2) is 0 Å². The molecule has 0 aliphatic heterocycles. The molecule has 0 aliphatic carbocycles. The lowest BCUT2D eigenvalue weighted by Gasteiger charge is -2.30. The molecule has 1 N–H and O–H groups in total. The first-order chi connectivity index (χ1) is 13.8. The van der Waals surface area contributed by atoms with Crippen LogP contribution in [-0.4, -0.2) is 34.6 Å². The Morgan fingerprint density at radius 2 is 1.66 bits per heavy atom. The van der Waals surface area contributed by atoms with Crippen LogP contribution in [0.2, 0.25) is 0 Å². The van der Waals surface area contributed by atoms with E-state index in [1.807, 2.05) is 45.0 Å². The third-order valence-corrected chi connectivity index (χ3v) is 5.82. The van der Waals surface area contributed by atoms with E-state index in [-0.39, 0.29) is 17.9 Å². The summed E-state index contributed by atoms with van der Waals surface area (Å²) in [7, 11) is 0. The van der Waals surface area contributed by atoms with Crippen LogP contribution < -0.4 is 5.32 Å². The molecule has 5 heteroatoms. The molecule has 0 unspecified atom stereocenters. The first kappa shape index (κ1) is 23.0. The maximum atomic E-state index is 13.1. The van der Waals surface area contributed by atoms with Gasteiger partial charge in [0.25, 0.3) is 0 Å². The number of thioether (sulfide) groups is 1. The van der Waals surface area contributed by atoms with Crippen molar-refractivity contribution in [2.24, 2.45) is 0 Å². The van der Waals surface area contributed by atoms with Crippen LogP contribution in [0, 0.1) is 13.8 Å².